The highest BCUT2D eigenvalue weighted by Crippen LogP contribution is 2.33. The Kier molecular flexibility index (Phi) is 2.72. The molecule has 0 spiro atoms. The van der Waals surface area contributed by atoms with Crippen LogP contribution in [0.2, 0.25) is 0 Å². The summed E-state index contributed by atoms with van der Waals surface area (Å²) in [7, 11) is 0. The summed E-state index contributed by atoms with van der Waals surface area (Å²) in [4.78, 5) is 0. The summed E-state index contributed by atoms with van der Waals surface area (Å²) in [6.07, 6.45) is 1.03. The minimum atomic E-state index is 0.508. The lowest BCUT2D eigenvalue weighted by molar-refractivity contribution is 1.10. The van der Waals surface area contributed by atoms with Gasteiger partial charge in [0.05, 0.1) is 0 Å². The van der Waals surface area contributed by atoms with Gasteiger partial charge in [-0.15, -0.1) is 10.2 Å². The number of nitrogens with zero attached hydrogens (tertiary/aromatic N) is 2. The van der Waals surface area contributed by atoms with Gasteiger partial charge in [-0.05, 0) is 22.8 Å². The van der Waals surface area contributed by atoms with E-state index in [2.05, 4.69) is 53.5 Å². The zero-order valence-corrected chi connectivity index (χ0v) is 10.9. The van der Waals surface area contributed by atoms with E-state index in [1.807, 2.05) is 0 Å². The predicted molar refractivity (Wildman–Crippen MR) is 76.6 cm³/mol. The second-order valence-electron chi connectivity index (χ2n) is 4.12. The van der Waals surface area contributed by atoms with Crippen LogP contribution in [0.4, 0.5) is 5.13 Å². The number of nitrogens with two attached hydrogens (primary N) is 1. The molecule has 3 aromatic rings. The number of anilines is 1. The highest BCUT2D eigenvalue weighted by Gasteiger charge is 2.10. The van der Waals surface area contributed by atoms with Crippen molar-refractivity contribution in [1.82, 2.24) is 10.2 Å². The maximum atomic E-state index is 5.66. The van der Waals surface area contributed by atoms with Gasteiger partial charge in [-0.2, -0.15) is 0 Å². The van der Waals surface area contributed by atoms with Crippen LogP contribution in [0.1, 0.15) is 12.5 Å². The monoisotopic (exact) mass is 255 g/mol. The molecule has 0 aliphatic rings. The summed E-state index contributed by atoms with van der Waals surface area (Å²) in [5.74, 6) is 0. The molecule has 0 saturated heterocycles. The van der Waals surface area contributed by atoms with E-state index in [0.717, 1.165) is 17.0 Å². The number of benzene rings is 2. The number of fused-ring (bicyclic) bond motifs is 1. The fraction of sp³-hybridized carbons (Fsp3) is 0.143. The number of aromatic nitrogens is 2. The van der Waals surface area contributed by atoms with Crippen LogP contribution in [0.5, 0.6) is 0 Å². The average Bonchev–Trinajstić information content (AvgIpc) is 2.84. The summed E-state index contributed by atoms with van der Waals surface area (Å²) in [6.45, 7) is 2.17. The third-order valence-corrected chi connectivity index (χ3v) is 3.85. The molecule has 0 atom stereocenters. The lowest BCUT2D eigenvalue weighted by Gasteiger charge is -2.07. The van der Waals surface area contributed by atoms with Crippen molar-refractivity contribution in [2.24, 2.45) is 0 Å². The molecule has 3 nitrogen and oxygen atoms in total. The Bertz CT molecular complexity index is 703. The molecule has 0 aliphatic carbocycles. The van der Waals surface area contributed by atoms with Gasteiger partial charge in [-0.3, -0.25) is 0 Å². The number of hydrogen-bond donors (Lipinski definition) is 1. The fourth-order valence-electron chi connectivity index (χ4n) is 2.20. The third-order valence-electron chi connectivity index (χ3n) is 3.07. The van der Waals surface area contributed by atoms with Crippen molar-refractivity contribution in [2.75, 3.05) is 5.73 Å². The van der Waals surface area contributed by atoms with Gasteiger partial charge in [0.25, 0.3) is 0 Å². The molecule has 0 fully saturated rings. The van der Waals surface area contributed by atoms with Gasteiger partial charge in [0.2, 0.25) is 5.13 Å². The van der Waals surface area contributed by atoms with Crippen molar-refractivity contribution >= 4 is 27.2 Å². The third kappa shape index (κ3) is 1.75. The summed E-state index contributed by atoms with van der Waals surface area (Å²) < 4.78 is 0. The summed E-state index contributed by atoms with van der Waals surface area (Å²) in [5, 5.41) is 11.9. The van der Waals surface area contributed by atoms with Gasteiger partial charge >= 0.3 is 0 Å². The van der Waals surface area contributed by atoms with Gasteiger partial charge < -0.3 is 5.73 Å². The molecule has 90 valence electrons. The molecular weight excluding hydrogens is 242 g/mol. The second-order valence-corrected chi connectivity index (χ2v) is 5.13. The van der Waals surface area contributed by atoms with Crippen LogP contribution in [0.3, 0.4) is 0 Å². The molecule has 0 amide bonds. The number of rotatable bonds is 2. The Labute approximate surface area is 109 Å². The molecule has 4 heteroatoms. The number of hydrogen-bond acceptors (Lipinski definition) is 4. The van der Waals surface area contributed by atoms with Crippen LogP contribution in [0, 0.1) is 0 Å². The highest BCUT2D eigenvalue weighted by atomic mass is 32.1. The maximum absolute atomic E-state index is 5.66. The molecule has 1 heterocycles. The molecule has 0 aliphatic heterocycles. The molecular formula is C14H13N3S. The summed E-state index contributed by atoms with van der Waals surface area (Å²) in [5.41, 5.74) is 8.12. The first kappa shape index (κ1) is 11.2. The summed E-state index contributed by atoms with van der Waals surface area (Å²) >= 11 is 1.42. The molecule has 2 N–H and O–H groups in total. The van der Waals surface area contributed by atoms with Crippen LogP contribution in [0.25, 0.3) is 21.3 Å². The number of nitrogen functional groups attached to an aromatic ring is 1. The quantitative estimate of drug-likeness (QED) is 0.762. The topological polar surface area (TPSA) is 51.8 Å². The number of aryl methyl sites for hydroxylation is 1. The van der Waals surface area contributed by atoms with E-state index in [-0.39, 0.29) is 0 Å². The van der Waals surface area contributed by atoms with E-state index in [4.69, 9.17) is 5.73 Å². The first-order valence-corrected chi connectivity index (χ1v) is 6.71. The summed E-state index contributed by atoms with van der Waals surface area (Å²) in [6, 6.07) is 12.7. The van der Waals surface area contributed by atoms with Gasteiger partial charge in [-0.25, -0.2) is 0 Å². The standard InChI is InChI=1S/C14H13N3S/c1-2-9-7-8-12(13-16-17-14(15)18-13)11-6-4-3-5-10(9)11/h3-8H,2H2,1H3,(H2,15,17). The Balaban J connectivity index is 2.31. The van der Waals surface area contributed by atoms with Gasteiger partial charge in [0, 0.05) is 5.56 Å². The van der Waals surface area contributed by atoms with Crippen LogP contribution < -0.4 is 5.73 Å². The normalized spacial score (nSPS) is 10.9. The van der Waals surface area contributed by atoms with Crippen molar-refractivity contribution < 1.29 is 0 Å². The lowest BCUT2D eigenvalue weighted by Crippen LogP contribution is -1.87. The molecule has 0 bridgehead atoms. The Morgan fingerprint density at radius 1 is 1.06 bits per heavy atom. The van der Waals surface area contributed by atoms with E-state index < -0.39 is 0 Å². The molecule has 18 heavy (non-hydrogen) atoms. The molecule has 0 saturated carbocycles. The fourth-order valence-corrected chi connectivity index (χ4v) is 2.85. The zero-order valence-electron chi connectivity index (χ0n) is 10.1. The minimum Gasteiger partial charge on any atom is -0.374 e. The van der Waals surface area contributed by atoms with Crippen LogP contribution in [-0.2, 0) is 6.42 Å². The Morgan fingerprint density at radius 3 is 2.50 bits per heavy atom. The Hall–Kier alpha value is -1.94. The minimum absolute atomic E-state index is 0.508. The van der Waals surface area contributed by atoms with Crippen LogP contribution in [0.15, 0.2) is 36.4 Å². The van der Waals surface area contributed by atoms with Crippen molar-refractivity contribution in [2.45, 2.75) is 13.3 Å². The maximum Gasteiger partial charge on any atom is 0.203 e. The lowest BCUT2D eigenvalue weighted by atomic mass is 9.98. The first-order chi connectivity index (χ1) is 8.79. The van der Waals surface area contributed by atoms with Crippen molar-refractivity contribution in [3.05, 3.63) is 42.0 Å². The molecule has 3 rings (SSSR count). The van der Waals surface area contributed by atoms with Crippen molar-refractivity contribution in [3.63, 3.8) is 0 Å². The van der Waals surface area contributed by atoms with Gasteiger partial charge in [-0.1, -0.05) is 54.7 Å². The van der Waals surface area contributed by atoms with Crippen molar-refractivity contribution in [1.29, 1.82) is 0 Å². The Morgan fingerprint density at radius 2 is 1.83 bits per heavy atom. The van der Waals surface area contributed by atoms with Crippen LogP contribution in [-0.4, -0.2) is 10.2 Å². The van der Waals surface area contributed by atoms with E-state index in [1.54, 1.807) is 0 Å². The van der Waals surface area contributed by atoms with E-state index in [1.165, 1.54) is 27.7 Å². The van der Waals surface area contributed by atoms with Gasteiger partial charge in [0.15, 0.2) is 0 Å². The average molecular weight is 255 g/mol. The van der Waals surface area contributed by atoms with Gasteiger partial charge in [0.1, 0.15) is 5.01 Å². The molecule has 2 aromatic carbocycles. The van der Waals surface area contributed by atoms with E-state index in [9.17, 15) is 0 Å². The molecule has 1 aromatic heterocycles. The SMILES string of the molecule is CCc1ccc(-c2nnc(N)s2)c2ccccc12. The zero-order chi connectivity index (χ0) is 12.5. The van der Waals surface area contributed by atoms with Crippen LogP contribution >= 0.6 is 11.3 Å². The second kappa shape index (κ2) is 4.38. The largest absolute Gasteiger partial charge is 0.374 e. The van der Waals surface area contributed by atoms with E-state index >= 15 is 0 Å². The highest BCUT2D eigenvalue weighted by molar-refractivity contribution is 7.18. The predicted octanol–water partition coefficient (Wildman–Crippen LogP) is 3.50. The van der Waals surface area contributed by atoms with E-state index in [0.29, 0.717) is 5.13 Å². The first-order valence-electron chi connectivity index (χ1n) is 5.89. The smallest absolute Gasteiger partial charge is 0.203 e. The van der Waals surface area contributed by atoms with Crippen molar-refractivity contribution in [3.8, 4) is 10.6 Å². The molecule has 0 unspecified atom stereocenters. The molecule has 0 radical (unpaired) electrons.